The average Bonchev–Trinajstić information content (AvgIpc) is 3.05. The fraction of sp³-hybridized carbons (Fsp3) is 0.516. The Morgan fingerprint density at radius 2 is 1.50 bits per heavy atom. The SMILES string of the molecule is COc1cc(C=CC(=O)OCC2O[C@@H](OCCc3ccc(O)c(OC)c3)C(O)[C@@H](OC3OC(C)C(O)C(O)C3O)[C@@H]2O)ccc1O. The number of methoxy groups -OCH3 is 2. The molecule has 2 heterocycles. The van der Waals surface area contributed by atoms with Gasteiger partial charge in [0.05, 0.1) is 26.9 Å². The van der Waals surface area contributed by atoms with Crippen molar-refractivity contribution in [3.8, 4) is 23.0 Å². The van der Waals surface area contributed by atoms with Crippen molar-refractivity contribution in [3.05, 3.63) is 53.6 Å². The quantitative estimate of drug-likeness (QED) is 0.114. The van der Waals surface area contributed by atoms with E-state index in [0.29, 0.717) is 12.0 Å². The molecule has 0 aromatic heterocycles. The van der Waals surface area contributed by atoms with Gasteiger partial charge in [0.25, 0.3) is 0 Å². The van der Waals surface area contributed by atoms with Crippen molar-refractivity contribution in [2.75, 3.05) is 27.4 Å². The van der Waals surface area contributed by atoms with Crippen LogP contribution in [0.1, 0.15) is 18.1 Å². The summed E-state index contributed by atoms with van der Waals surface area (Å²) in [5.74, 6) is -0.451. The van der Waals surface area contributed by atoms with Crippen LogP contribution in [0.25, 0.3) is 6.08 Å². The van der Waals surface area contributed by atoms with Crippen molar-refractivity contribution in [2.24, 2.45) is 0 Å². The molecule has 0 aliphatic carbocycles. The summed E-state index contributed by atoms with van der Waals surface area (Å²) in [4.78, 5) is 12.5. The van der Waals surface area contributed by atoms with Crippen LogP contribution in [-0.2, 0) is 34.9 Å². The Bertz CT molecular complexity index is 1340. The smallest absolute Gasteiger partial charge is 0.330 e. The lowest BCUT2D eigenvalue weighted by Gasteiger charge is -2.45. The molecule has 2 aliphatic rings. The largest absolute Gasteiger partial charge is 0.504 e. The predicted molar refractivity (Wildman–Crippen MR) is 157 cm³/mol. The zero-order valence-electron chi connectivity index (χ0n) is 25.4. The fourth-order valence-corrected chi connectivity index (χ4v) is 4.96. The second-order valence-corrected chi connectivity index (χ2v) is 10.8. The lowest BCUT2D eigenvalue weighted by Crippen LogP contribution is -2.64. The molecular weight excluding hydrogens is 612 g/mol. The number of benzene rings is 2. The van der Waals surface area contributed by atoms with Gasteiger partial charge >= 0.3 is 5.97 Å². The molecule has 7 unspecified atom stereocenters. The number of ether oxygens (including phenoxy) is 7. The number of aromatic hydroxyl groups is 2. The summed E-state index contributed by atoms with van der Waals surface area (Å²) in [6.07, 6.45) is -11.9. The molecule has 254 valence electrons. The Morgan fingerprint density at radius 1 is 0.826 bits per heavy atom. The number of phenols is 2. The predicted octanol–water partition coefficient (Wildman–Crippen LogP) is -0.410. The summed E-state index contributed by atoms with van der Waals surface area (Å²) in [7, 11) is 2.79. The van der Waals surface area contributed by atoms with E-state index in [4.69, 9.17) is 33.2 Å². The van der Waals surface area contributed by atoms with Crippen LogP contribution in [0.2, 0.25) is 0 Å². The molecule has 46 heavy (non-hydrogen) atoms. The van der Waals surface area contributed by atoms with Gasteiger partial charge in [0.2, 0.25) is 0 Å². The highest BCUT2D eigenvalue weighted by molar-refractivity contribution is 5.87. The lowest BCUT2D eigenvalue weighted by atomic mass is 9.97. The molecule has 0 bridgehead atoms. The molecule has 4 rings (SSSR count). The van der Waals surface area contributed by atoms with Gasteiger partial charge in [-0.2, -0.15) is 0 Å². The molecule has 2 aromatic rings. The second-order valence-electron chi connectivity index (χ2n) is 10.8. The zero-order chi connectivity index (χ0) is 33.5. The first-order valence-electron chi connectivity index (χ1n) is 14.5. The van der Waals surface area contributed by atoms with E-state index >= 15 is 0 Å². The standard InChI is InChI=1S/C31H40O15/c1-15-24(35)26(37)27(38)31(44-15)46-29-25(36)22(14-43-23(34)9-6-16-4-7-18(32)20(12-16)40-2)45-30(28(29)39)42-11-10-17-5-8-19(33)21(13-17)41-3/h4-9,12-13,15,22,24-33,35-39H,10-11,14H2,1-3H3/t15?,22?,24?,25-,26?,27?,28?,29+,30-,31?/m1/s1. The maximum absolute atomic E-state index is 12.5. The van der Waals surface area contributed by atoms with Crippen LogP contribution < -0.4 is 9.47 Å². The van der Waals surface area contributed by atoms with E-state index in [2.05, 4.69) is 0 Å². The van der Waals surface area contributed by atoms with Crippen LogP contribution in [0.15, 0.2) is 42.5 Å². The summed E-state index contributed by atoms with van der Waals surface area (Å²) in [5, 5.41) is 72.5. The number of phenolic OH excluding ortho intramolecular Hbond substituents is 2. The molecule has 15 nitrogen and oxygen atoms in total. The minimum Gasteiger partial charge on any atom is -0.504 e. The third kappa shape index (κ3) is 8.44. The molecule has 7 N–H and O–H groups in total. The normalized spacial score (nSPS) is 31.5. The number of rotatable bonds is 12. The average molecular weight is 653 g/mol. The molecule has 0 radical (unpaired) electrons. The second kappa shape index (κ2) is 15.9. The van der Waals surface area contributed by atoms with Gasteiger partial charge in [-0.3, -0.25) is 0 Å². The van der Waals surface area contributed by atoms with E-state index in [9.17, 15) is 40.5 Å². The highest BCUT2D eigenvalue weighted by atomic mass is 16.7. The number of carbonyl (C=O) groups is 1. The van der Waals surface area contributed by atoms with Crippen molar-refractivity contribution >= 4 is 12.0 Å². The minimum atomic E-state index is -1.72. The highest BCUT2D eigenvalue weighted by Gasteiger charge is 2.50. The Balaban J connectivity index is 1.45. The topological polar surface area (TPSA) is 223 Å². The maximum Gasteiger partial charge on any atom is 0.330 e. The van der Waals surface area contributed by atoms with Crippen molar-refractivity contribution in [1.82, 2.24) is 0 Å². The Kier molecular flexibility index (Phi) is 12.2. The number of aliphatic hydroxyl groups excluding tert-OH is 5. The fourth-order valence-electron chi connectivity index (χ4n) is 4.96. The van der Waals surface area contributed by atoms with Gasteiger partial charge < -0.3 is 68.9 Å². The first kappa shape index (κ1) is 35.3. The minimum absolute atomic E-state index is 0.00565. The third-order valence-electron chi connectivity index (χ3n) is 7.66. The van der Waals surface area contributed by atoms with Crippen LogP contribution in [0.4, 0.5) is 0 Å². The van der Waals surface area contributed by atoms with Crippen LogP contribution in [0.3, 0.4) is 0 Å². The molecule has 2 aromatic carbocycles. The summed E-state index contributed by atoms with van der Waals surface area (Å²) in [5.41, 5.74) is 1.26. The molecule has 2 saturated heterocycles. The van der Waals surface area contributed by atoms with Crippen LogP contribution in [0, 0.1) is 0 Å². The van der Waals surface area contributed by atoms with E-state index in [1.54, 1.807) is 18.2 Å². The van der Waals surface area contributed by atoms with Gasteiger partial charge in [-0.05, 0) is 54.8 Å². The van der Waals surface area contributed by atoms with E-state index in [0.717, 1.165) is 11.6 Å². The molecule has 2 fully saturated rings. The lowest BCUT2D eigenvalue weighted by molar-refractivity contribution is -0.357. The third-order valence-corrected chi connectivity index (χ3v) is 7.66. The Labute approximate surface area is 264 Å². The number of hydrogen-bond donors (Lipinski definition) is 7. The van der Waals surface area contributed by atoms with Gasteiger partial charge in [-0.1, -0.05) is 12.1 Å². The van der Waals surface area contributed by atoms with Crippen molar-refractivity contribution in [1.29, 1.82) is 0 Å². The van der Waals surface area contributed by atoms with E-state index in [1.807, 2.05) is 0 Å². The maximum atomic E-state index is 12.5. The van der Waals surface area contributed by atoms with Crippen molar-refractivity contribution in [2.45, 2.75) is 74.8 Å². The molecule has 15 heteroatoms. The van der Waals surface area contributed by atoms with Crippen LogP contribution in [-0.4, -0.2) is 131 Å². The summed E-state index contributed by atoms with van der Waals surface area (Å²) in [6.45, 7) is 0.937. The first-order valence-corrected chi connectivity index (χ1v) is 14.5. The Hall–Kier alpha value is -3.51. The van der Waals surface area contributed by atoms with Gasteiger partial charge in [0.1, 0.15) is 49.3 Å². The number of hydrogen-bond acceptors (Lipinski definition) is 15. The van der Waals surface area contributed by atoms with E-state index < -0.39 is 74.0 Å². The van der Waals surface area contributed by atoms with Gasteiger partial charge in [-0.15, -0.1) is 0 Å². The Morgan fingerprint density at radius 3 is 2.20 bits per heavy atom. The molecule has 2 aliphatic heterocycles. The molecule has 0 amide bonds. The summed E-state index contributed by atoms with van der Waals surface area (Å²) < 4.78 is 38.2. The monoisotopic (exact) mass is 652 g/mol. The summed E-state index contributed by atoms with van der Waals surface area (Å²) >= 11 is 0. The molecular formula is C31H40O15. The number of aliphatic hydroxyl groups is 5. The number of esters is 1. The molecule has 0 saturated carbocycles. The number of carbonyl (C=O) groups excluding carboxylic acids is 1. The summed E-state index contributed by atoms with van der Waals surface area (Å²) in [6, 6.07) is 9.17. The van der Waals surface area contributed by atoms with Gasteiger partial charge in [-0.25, -0.2) is 4.79 Å². The van der Waals surface area contributed by atoms with Gasteiger partial charge in [0.15, 0.2) is 35.6 Å². The van der Waals surface area contributed by atoms with Gasteiger partial charge in [0, 0.05) is 6.08 Å². The van der Waals surface area contributed by atoms with Crippen molar-refractivity contribution in [3.63, 3.8) is 0 Å². The van der Waals surface area contributed by atoms with Crippen LogP contribution >= 0.6 is 0 Å². The molecule has 10 atom stereocenters. The van der Waals surface area contributed by atoms with E-state index in [1.165, 1.54) is 45.4 Å². The first-order chi connectivity index (χ1) is 21.9. The van der Waals surface area contributed by atoms with Crippen LogP contribution in [0.5, 0.6) is 23.0 Å². The van der Waals surface area contributed by atoms with Crippen molar-refractivity contribution < 1.29 is 73.7 Å². The highest BCUT2D eigenvalue weighted by Crippen LogP contribution is 2.31. The van der Waals surface area contributed by atoms with E-state index in [-0.39, 0.29) is 29.6 Å². The molecule has 0 spiro atoms. The zero-order valence-corrected chi connectivity index (χ0v) is 25.4.